The number of aromatic hydroxyl groups is 1. The average Bonchev–Trinajstić information content (AvgIpc) is 3.00. The highest BCUT2D eigenvalue weighted by Crippen LogP contribution is 2.28. The summed E-state index contributed by atoms with van der Waals surface area (Å²) in [6, 6.07) is 29.8. The monoisotopic (exact) mass is 559 g/mol. The molecule has 0 spiro atoms. The van der Waals surface area contributed by atoms with E-state index in [4.69, 9.17) is 4.74 Å². The second kappa shape index (κ2) is 12.6. The Morgan fingerprint density at radius 1 is 0.929 bits per heavy atom. The minimum Gasteiger partial charge on any atom is -0.494 e. The van der Waals surface area contributed by atoms with Crippen molar-refractivity contribution < 1.29 is 14.6 Å². The molecule has 1 aromatic heterocycles. The van der Waals surface area contributed by atoms with Crippen LogP contribution in [0.2, 0.25) is 0 Å². The highest BCUT2D eigenvalue weighted by atomic mass is 16.5. The number of carbonyl (C=O) groups is 1. The molecule has 0 aliphatic heterocycles. The van der Waals surface area contributed by atoms with Gasteiger partial charge in [-0.2, -0.15) is 5.10 Å². The van der Waals surface area contributed by atoms with Crippen LogP contribution < -0.4 is 15.7 Å². The number of ether oxygens (including phenoxy) is 1. The van der Waals surface area contributed by atoms with Crippen LogP contribution in [0, 0.1) is 6.92 Å². The first-order chi connectivity index (χ1) is 20.3. The van der Waals surface area contributed by atoms with Crippen molar-refractivity contribution in [2.24, 2.45) is 5.10 Å². The van der Waals surface area contributed by atoms with E-state index in [1.54, 1.807) is 36.4 Å². The number of benzene rings is 4. The van der Waals surface area contributed by atoms with E-state index in [1.165, 1.54) is 10.8 Å². The molecule has 0 aliphatic carbocycles. The highest BCUT2D eigenvalue weighted by Gasteiger charge is 2.16. The number of amides is 1. The second-order valence-electron chi connectivity index (χ2n) is 10.5. The summed E-state index contributed by atoms with van der Waals surface area (Å²) >= 11 is 0. The van der Waals surface area contributed by atoms with Gasteiger partial charge in [0.15, 0.2) is 0 Å². The van der Waals surface area contributed by atoms with Crippen LogP contribution in [0.4, 0.5) is 0 Å². The number of fused-ring (bicyclic) bond motifs is 1. The number of nitrogens with one attached hydrogen (secondary N) is 1. The van der Waals surface area contributed by atoms with Gasteiger partial charge in [0.1, 0.15) is 12.4 Å². The fraction of sp³-hybridized carbons (Fsp3) is 0.171. The van der Waals surface area contributed by atoms with Crippen LogP contribution >= 0.6 is 0 Å². The third-order valence-corrected chi connectivity index (χ3v) is 7.13. The van der Waals surface area contributed by atoms with Crippen molar-refractivity contribution in [3.8, 4) is 11.6 Å². The number of nitrogens with zero attached hydrogens (tertiary/aromatic N) is 2. The molecule has 5 rings (SSSR count). The van der Waals surface area contributed by atoms with Crippen LogP contribution in [0.25, 0.3) is 10.8 Å². The molecule has 0 saturated carbocycles. The SMILES string of the molecule is Cc1ccc(C(C)C)c(OCc2ccc(C(=O)NN=Cc3c(O)n(Cc4ccccc4)c(=O)c4ccccc34)cc2)c1. The maximum Gasteiger partial charge on any atom is 0.271 e. The summed E-state index contributed by atoms with van der Waals surface area (Å²) < 4.78 is 7.42. The Hall–Kier alpha value is -5.17. The van der Waals surface area contributed by atoms with Crippen LogP contribution in [0.5, 0.6) is 11.6 Å². The number of hydrogen-bond donors (Lipinski definition) is 2. The van der Waals surface area contributed by atoms with E-state index in [0.29, 0.717) is 34.4 Å². The zero-order valence-electron chi connectivity index (χ0n) is 23.9. The molecule has 2 N–H and O–H groups in total. The lowest BCUT2D eigenvalue weighted by Gasteiger charge is -2.15. The van der Waals surface area contributed by atoms with Gasteiger partial charge in [0.05, 0.1) is 18.3 Å². The van der Waals surface area contributed by atoms with Crippen LogP contribution in [-0.4, -0.2) is 21.8 Å². The van der Waals surface area contributed by atoms with E-state index in [9.17, 15) is 14.7 Å². The first-order valence-electron chi connectivity index (χ1n) is 13.9. The zero-order valence-corrected chi connectivity index (χ0v) is 23.9. The summed E-state index contributed by atoms with van der Waals surface area (Å²) in [5.74, 6) is 0.589. The number of aromatic nitrogens is 1. The van der Waals surface area contributed by atoms with E-state index < -0.39 is 5.91 Å². The number of carbonyl (C=O) groups excluding carboxylic acids is 1. The van der Waals surface area contributed by atoms with Gasteiger partial charge in [-0.05, 0) is 59.4 Å². The molecule has 0 saturated heterocycles. The summed E-state index contributed by atoms with van der Waals surface area (Å²) in [4.78, 5) is 26.0. The van der Waals surface area contributed by atoms with Gasteiger partial charge in [0, 0.05) is 16.3 Å². The molecule has 5 aromatic rings. The Labute approximate surface area is 244 Å². The molecule has 7 nitrogen and oxygen atoms in total. The minimum atomic E-state index is -0.402. The highest BCUT2D eigenvalue weighted by molar-refractivity contribution is 6.02. The predicted molar refractivity (Wildman–Crippen MR) is 167 cm³/mol. The molecule has 0 bridgehead atoms. The minimum absolute atomic E-state index is 0.197. The van der Waals surface area contributed by atoms with E-state index >= 15 is 0 Å². The summed E-state index contributed by atoms with van der Waals surface area (Å²) in [5.41, 5.74) is 7.09. The fourth-order valence-electron chi connectivity index (χ4n) is 4.83. The molecule has 1 amide bonds. The molecule has 0 atom stereocenters. The first-order valence-corrected chi connectivity index (χ1v) is 13.9. The van der Waals surface area contributed by atoms with Crippen molar-refractivity contribution in [1.29, 1.82) is 0 Å². The topological polar surface area (TPSA) is 92.9 Å². The largest absolute Gasteiger partial charge is 0.494 e. The zero-order chi connectivity index (χ0) is 29.6. The third kappa shape index (κ3) is 6.25. The molecule has 212 valence electrons. The van der Waals surface area contributed by atoms with Crippen molar-refractivity contribution in [3.63, 3.8) is 0 Å². The average molecular weight is 560 g/mol. The van der Waals surface area contributed by atoms with E-state index in [0.717, 1.165) is 28.0 Å². The Bertz CT molecular complexity index is 1810. The first kappa shape index (κ1) is 28.4. The molecule has 42 heavy (non-hydrogen) atoms. The summed E-state index contributed by atoms with van der Waals surface area (Å²) in [7, 11) is 0. The standard InChI is InChI=1S/C35H33N3O4/c1-23(2)28-18-13-24(3)19-32(28)42-22-26-14-16-27(17-15-26)33(39)37-36-20-31-29-11-7-8-12-30(29)34(40)38(35(31)41)21-25-9-5-4-6-10-25/h4-20,23,41H,21-22H2,1-3H3,(H,37,39). The maximum absolute atomic E-state index is 13.2. The summed E-state index contributed by atoms with van der Waals surface area (Å²) in [6.45, 7) is 6.89. The van der Waals surface area contributed by atoms with Crippen LogP contribution in [-0.2, 0) is 13.2 Å². The van der Waals surface area contributed by atoms with Gasteiger partial charge in [-0.25, -0.2) is 5.43 Å². The third-order valence-electron chi connectivity index (χ3n) is 7.13. The van der Waals surface area contributed by atoms with Gasteiger partial charge in [0.25, 0.3) is 11.5 Å². The van der Waals surface area contributed by atoms with Gasteiger partial charge >= 0.3 is 0 Å². The Morgan fingerprint density at radius 2 is 1.62 bits per heavy atom. The van der Waals surface area contributed by atoms with Crippen molar-refractivity contribution in [3.05, 3.63) is 141 Å². The molecule has 7 heteroatoms. The molecule has 0 aliphatic rings. The van der Waals surface area contributed by atoms with E-state index in [1.807, 2.05) is 55.5 Å². The maximum atomic E-state index is 13.2. The molecule has 0 unspecified atom stereocenters. The van der Waals surface area contributed by atoms with Crippen molar-refractivity contribution in [2.45, 2.75) is 39.8 Å². The predicted octanol–water partition coefficient (Wildman–Crippen LogP) is 6.53. The Kier molecular flexibility index (Phi) is 8.48. The smallest absolute Gasteiger partial charge is 0.271 e. The van der Waals surface area contributed by atoms with E-state index in [-0.39, 0.29) is 18.0 Å². The lowest BCUT2D eigenvalue weighted by atomic mass is 10.0. The molecular weight excluding hydrogens is 526 g/mol. The normalized spacial score (nSPS) is 11.3. The summed E-state index contributed by atoms with van der Waals surface area (Å²) in [5, 5.41) is 16.2. The lowest BCUT2D eigenvalue weighted by Crippen LogP contribution is -2.23. The summed E-state index contributed by atoms with van der Waals surface area (Å²) in [6.07, 6.45) is 1.37. The second-order valence-corrected chi connectivity index (χ2v) is 10.5. The van der Waals surface area contributed by atoms with Crippen molar-refractivity contribution >= 4 is 22.9 Å². The molecular formula is C35H33N3O4. The van der Waals surface area contributed by atoms with Crippen molar-refractivity contribution in [1.82, 2.24) is 9.99 Å². The van der Waals surface area contributed by atoms with Gasteiger partial charge in [-0.1, -0.05) is 86.6 Å². The van der Waals surface area contributed by atoms with Gasteiger partial charge in [-0.3, -0.25) is 14.2 Å². The van der Waals surface area contributed by atoms with Crippen molar-refractivity contribution in [2.75, 3.05) is 0 Å². The Balaban J connectivity index is 1.30. The van der Waals surface area contributed by atoms with Crippen LogP contribution in [0.1, 0.15) is 57.9 Å². The number of rotatable bonds is 9. The van der Waals surface area contributed by atoms with Gasteiger partial charge in [-0.15, -0.1) is 0 Å². The quantitative estimate of drug-likeness (QED) is 0.159. The molecule has 1 heterocycles. The molecule has 0 fully saturated rings. The van der Waals surface area contributed by atoms with E-state index in [2.05, 4.69) is 36.5 Å². The Morgan fingerprint density at radius 3 is 2.33 bits per heavy atom. The fourth-order valence-corrected chi connectivity index (χ4v) is 4.83. The number of pyridine rings is 1. The van der Waals surface area contributed by atoms with Crippen LogP contribution in [0.15, 0.2) is 107 Å². The number of hydrogen-bond acceptors (Lipinski definition) is 5. The molecule has 0 radical (unpaired) electrons. The van der Waals surface area contributed by atoms with Gasteiger partial charge < -0.3 is 9.84 Å². The molecule has 4 aromatic carbocycles. The number of hydrazone groups is 1. The van der Waals surface area contributed by atoms with Crippen LogP contribution in [0.3, 0.4) is 0 Å². The number of aryl methyl sites for hydroxylation is 1. The lowest BCUT2D eigenvalue weighted by molar-refractivity contribution is 0.0955. The van der Waals surface area contributed by atoms with Gasteiger partial charge in [0.2, 0.25) is 5.88 Å².